The largest absolute Gasteiger partial charge is 0.463 e. The SMILES string of the molecule is CCOC(=O)/C=C/C(=O)OC[C@H](NC(=O)C1CCCCC1)c1ccccc1. The lowest BCUT2D eigenvalue weighted by Crippen LogP contribution is -2.37. The summed E-state index contributed by atoms with van der Waals surface area (Å²) in [6, 6.07) is 8.97. The van der Waals surface area contributed by atoms with Crippen molar-refractivity contribution in [3.8, 4) is 0 Å². The Labute approximate surface area is 159 Å². The summed E-state index contributed by atoms with van der Waals surface area (Å²) in [5.41, 5.74) is 0.865. The van der Waals surface area contributed by atoms with Crippen molar-refractivity contribution in [2.45, 2.75) is 45.1 Å². The van der Waals surface area contributed by atoms with Gasteiger partial charge < -0.3 is 14.8 Å². The number of esters is 2. The number of ether oxygens (including phenoxy) is 2. The number of rotatable bonds is 8. The fourth-order valence-corrected chi connectivity index (χ4v) is 3.10. The minimum atomic E-state index is -0.657. The fourth-order valence-electron chi connectivity index (χ4n) is 3.10. The van der Waals surface area contributed by atoms with E-state index in [0.717, 1.165) is 43.4 Å². The van der Waals surface area contributed by atoms with E-state index in [2.05, 4.69) is 5.32 Å². The molecule has 0 saturated heterocycles. The Balaban J connectivity index is 1.95. The quantitative estimate of drug-likeness (QED) is 0.559. The molecular formula is C21H27NO5. The second-order valence-electron chi connectivity index (χ2n) is 6.52. The maximum absolute atomic E-state index is 12.6. The minimum absolute atomic E-state index is 0.00154. The molecule has 0 radical (unpaired) electrons. The van der Waals surface area contributed by atoms with Crippen LogP contribution < -0.4 is 5.32 Å². The van der Waals surface area contributed by atoms with Crippen molar-refractivity contribution < 1.29 is 23.9 Å². The van der Waals surface area contributed by atoms with Crippen LogP contribution in [0.5, 0.6) is 0 Å². The Hall–Kier alpha value is -2.63. The second kappa shape index (κ2) is 11.2. The van der Waals surface area contributed by atoms with Crippen LogP contribution in [0.1, 0.15) is 50.6 Å². The first-order valence-corrected chi connectivity index (χ1v) is 9.47. The molecule has 1 N–H and O–H groups in total. The molecule has 0 spiro atoms. The molecule has 1 amide bonds. The van der Waals surface area contributed by atoms with Crippen LogP contribution in [0.25, 0.3) is 0 Å². The highest BCUT2D eigenvalue weighted by molar-refractivity contribution is 5.91. The van der Waals surface area contributed by atoms with E-state index >= 15 is 0 Å². The fraction of sp³-hybridized carbons (Fsp3) is 0.476. The number of nitrogens with one attached hydrogen (secondary N) is 1. The van der Waals surface area contributed by atoms with Gasteiger partial charge in [-0.15, -0.1) is 0 Å². The van der Waals surface area contributed by atoms with Gasteiger partial charge in [-0.05, 0) is 25.3 Å². The molecule has 6 heteroatoms. The second-order valence-corrected chi connectivity index (χ2v) is 6.52. The van der Waals surface area contributed by atoms with Crippen LogP contribution in [0.3, 0.4) is 0 Å². The Morgan fingerprint density at radius 2 is 1.67 bits per heavy atom. The first kappa shape index (κ1) is 20.7. The van der Waals surface area contributed by atoms with Gasteiger partial charge in [0.2, 0.25) is 5.91 Å². The van der Waals surface area contributed by atoms with Gasteiger partial charge in [0.05, 0.1) is 12.6 Å². The minimum Gasteiger partial charge on any atom is -0.463 e. The van der Waals surface area contributed by atoms with E-state index in [4.69, 9.17) is 9.47 Å². The summed E-state index contributed by atoms with van der Waals surface area (Å²) < 4.78 is 9.94. The third-order valence-electron chi connectivity index (χ3n) is 4.53. The molecule has 0 heterocycles. The van der Waals surface area contributed by atoms with E-state index in [9.17, 15) is 14.4 Å². The van der Waals surface area contributed by atoms with Crippen molar-refractivity contribution in [3.05, 3.63) is 48.0 Å². The van der Waals surface area contributed by atoms with Gasteiger partial charge in [0.25, 0.3) is 0 Å². The highest BCUT2D eigenvalue weighted by atomic mass is 16.5. The molecule has 0 bridgehead atoms. The molecular weight excluding hydrogens is 346 g/mol. The average Bonchev–Trinajstić information content (AvgIpc) is 2.71. The zero-order chi connectivity index (χ0) is 19.5. The van der Waals surface area contributed by atoms with Crippen LogP contribution in [0.2, 0.25) is 0 Å². The molecule has 1 fully saturated rings. The third kappa shape index (κ3) is 7.25. The van der Waals surface area contributed by atoms with Gasteiger partial charge in [0.1, 0.15) is 6.61 Å². The lowest BCUT2D eigenvalue weighted by molar-refractivity contribution is -0.141. The normalized spacial score (nSPS) is 15.9. The predicted octanol–water partition coefficient (Wildman–Crippen LogP) is 3.09. The van der Waals surface area contributed by atoms with E-state index in [1.807, 2.05) is 30.3 Å². The summed E-state index contributed by atoms with van der Waals surface area (Å²) in [4.78, 5) is 35.7. The monoisotopic (exact) mass is 373 g/mol. The summed E-state index contributed by atoms with van der Waals surface area (Å²) in [5.74, 6) is -1.23. The highest BCUT2D eigenvalue weighted by Crippen LogP contribution is 2.25. The lowest BCUT2D eigenvalue weighted by Gasteiger charge is -2.25. The number of benzene rings is 1. The molecule has 27 heavy (non-hydrogen) atoms. The van der Waals surface area contributed by atoms with Crippen LogP contribution in [0.4, 0.5) is 0 Å². The molecule has 0 aromatic heterocycles. The van der Waals surface area contributed by atoms with E-state index in [-0.39, 0.29) is 25.0 Å². The summed E-state index contributed by atoms with van der Waals surface area (Å²) in [6.07, 6.45) is 7.18. The molecule has 1 atom stereocenters. The summed E-state index contributed by atoms with van der Waals surface area (Å²) in [7, 11) is 0. The van der Waals surface area contributed by atoms with E-state index in [1.54, 1.807) is 6.92 Å². The molecule has 1 aromatic carbocycles. The lowest BCUT2D eigenvalue weighted by atomic mass is 9.88. The molecule has 6 nitrogen and oxygen atoms in total. The zero-order valence-corrected chi connectivity index (χ0v) is 15.7. The Morgan fingerprint density at radius 3 is 2.30 bits per heavy atom. The van der Waals surface area contributed by atoms with Gasteiger partial charge in [-0.2, -0.15) is 0 Å². The number of carbonyl (C=O) groups excluding carboxylic acids is 3. The molecule has 2 rings (SSSR count). The smallest absolute Gasteiger partial charge is 0.331 e. The maximum atomic E-state index is 12.6. The number of amides is 1. The average molecular weight is 373 g/mol. The topological polar surface area (TPSA) is 81.7 Å². The molecule has 1 saturated carbocycles. The predicted molar refractivity (Wildman–Crippen MR) is 101 cm³/mol. The van der Waals surface area contributed by atoms with Crippen LogP contribution in [0, 0.1) is 5.92 Å². The van der Waals surface area contributed by atoms with E-state index < -0.39 is 18.0 Å². The van der Waals surface area contributed by atoms with Crippen molar-refractivity contribution in [1.29, 1.82) is 0 Å². The summed E-state index contributed by atoms with van der Waals surface area (Å²) in [5, 5.41) is 3.01. The van der Waals surface area contributed by atoms with Crippen molar-refractivity contribution in [3.63, 3.8) is 0 Å². The van der Waals surface area contributed by atoms with Gasteiger partial charge in [-0.25, -0.2) is 9.59 Å². The first-order chi connectivity index (χ1) is 13.1. The highest BCUT2D eigenvalue weighted by Gasteiger charge is 2.24. The third-order valence-corrected chi connectivity index (χ3v) is 4.53. The summed E-state index contributed by atoms with van der Waals surface area (Å²) >= 11 is 0. The van der Waals surface area contributed by atoms with Gasteiger partial charge in [-0.1, -0.05) is 49.6 Å². The first-order valence-electron chi connectivity index (χ1n) is 9.47. The van der Waals surface area contributed by atoms with Gasteiger partial charge in [0, 0.05) is 18.1 Å². The Kier molecular flexibility index (Phi) is 8.55. The molecule has 0 unspecified atom stereocenters. The molecule has 0 aliphatic heterocycles. The van der Waals surface area contributed by atoms with Crippen LogP contribution >= 0.6 is 0 Å². The Bertz CT molecular complexity index is 650. The van der Waals surface area contributed by atoms with Crippen LogP contribution in [0.15, 0.2) is 42.5 Å². The van der Waals surface area contributed by atoms with Crippen molar-refractivity contribution in [1.82, 2.24) is 5.32 Å². The zero-order valence-electron chi connectivity index (χ0n) is 15.7. The number of carbonyl (C=O) groups is 3. The molecule has 146 valence electrons. The summed E-state index contributed by atoms with van der Waals surface area (Å²) in [6.45, 7) is 1.92. The van der Waals surface area contributed by atoms with E-state index in [0.29, 0.717) is 0 Å². The van der Waals surface area contributed by atoms with Crippen molar-refractivity contribution in [2.75, 3.05) is 13.2 Å². The standard InChI is InChI=1S/C21H27NO5/c1-2-26-19(23)13-14-20(24)27-15-18(16-9-5-3-6-10-16)22-21(25)17-11-7-4-8-12-17/h3,5-6,9-10,13-14,17-18H,2,4,7-8,11-12,15H2,1H3,(H,22,25)/b14-13+/t18-/m0/s1. The van der Waals surface area contributed by atoms with Crippen LogP contribution in [-0.2, 0) is 23.9 Å². The molecule has 1 aliphatic carbocycles. The number of hydrogen-bond donors (Lipinski definition) is 1. The molecule has 1 aromatic rings. The molecule has 1 aliphatic rings. The van der Waals surface area contributed by atoms with Crippen LogP contribution in [-0.4, -0.2) is 31.1 Å². The number of hydrogen-bond acceptors (Lipinski definition) is 5. The van der Waals surface area contributed by atoms with Gasteiger partial charge in [-0.3, -0.25) is 4.79 Å². The Morgan fingerprint density at radius 1 is 1.04 bits per heavy atom. The van der Waals surface area contributed by atoms with Crippen molar-refractivity contribution in [2.24, 2.45) is 5.92 Å². The van der Waals surface area contributed by atoms with Gasteiger partial charge >= 0.3 is 11.9 Å². The maximum Gasteiger partial charge on any atom is 0.331 e. The van der Waals surface area contributed by atoms with Gasteiger partial charge in [0.15, 0.2) is 0 Å². The van der Waals surface area contributed by atoms with Crippen molar-refractivity contribution >= 4 is 17.8 Å². The van der Waals surface area contributed by atoms with E-state index in [1.165, 1.54) is 6.42 Å².